The molecule has 1 unspecified atom stereocenters. The molecule has 6 rings (SSSR count). The molecule has 2 aliphatic rings. The zero-order valence-corrected chi connectivity index (χ0v) is 16.6. The summed E-state index contributed by atoms with van der Waals surface area (Å²) >= 11 is 0. The lowest BCUT2D eigenvalue weighted by Crippen LogP contribution is -2.13. The van der Waals surface area contributed by atoms with Gasteiger partial charge in [0.05, 0.1) is 19.1 Å². The van der Waals surface area contributed by atoms with Crippen molar-refractivity contribution in [3.8, 4) is 22.6 Å². The summed E-state index contributed by atoms with van der Waals surface area (Å²) in [7, 11) is 0. The van der Waals surface area contributed by atoms with Gasteiger partial charge in [-0.3, -0.25) is 9.38 Å². The molecule has 0 bridgehead atoms. The van der Waals surface area contributed by atoms with Gasteiger partial charge in [0.1, 0.15) is 23.6 Å². The largest absolute Gasteiger partial charge is 0.493 e. The first-order valence-corrected chi connectivity index (χ1v) is 10.0. The van der Waals surface area contributed by atoms with Crippen molar-refractivity contribution in [3.05, 3.63) is 65.5 Å². The molecule has 3 aromatic heterocycles. The highest BCUT2D eigenvalue weighted by atomic mass is 19.3. The van der Waals surface area contributed by atoms with Crippen LogP contribution in [0.3, 0.4) is 0 Å². The summed E-state index contributed by atoms with van der Waals surface area (Å²) in [6, 6.07) is 7.83. The van der Waals surface area contributed by atoms with Gasteiger partial charge in [0.25, 0.3) is 6.43 Å². The average molecular weight is 439 g/mol. The fourth-order valence-corrected chi connectivity index (χ4v) is 4.40. The summed E-state index contributed by atoms with van der Waals surface area (Å²) in [4.78, 5) is 3.85. The average Bonchev–Trinajstić information content (AvgIpc) is 3.45. The zero-order valence-electron chi connectivity index (χ0n) is 16.6. The highest BCUT2D eigenvalue weighted by molar-refractivity contribution is 5.83. The molecule has 4 aromatic rings. The number of alkyl halides is 2. The van der Waals surface area contributed by atoms with Gasteiger partial charge in [-0.1, -0.05) is 6.07 Å². The van der Waals surface area contributed by atoms with Crippen LogP contribution in [-0.2, 0) is 6.54 Å². The van der Waals surface area contributed by atoms with Crippen LogP contribution in [0.5, 0.6) is 11.5 Å². The molecule has 0 aliphatic carbocycles. The van der Waals surface area contributed by atoms with E-state index in [1.807, 2.05) is 0 Å². The molecule has 0 amide bonds. The minimum Gasteiger partial charge on any atom is -0.493 e. The molecule has 162 valence electrons. The first-order chi connectivity index (χ1) is 15.6. The van der Waals surface area contributed by atoms with Gasteiger partial charge >= 0.3 is 0 Å². The van der Waals surface area contributed by atoms with Crippen LogP contribution in [0.2, 0.25) is 0 Å². The van der Waals surface area contributed by atoms with E-state index >= 15 is 0 Å². The van der Waals surface area contributed by atoms with Crippen LogP contribution in [-0.4, -0.2) is 32.8 Å². The van der Waals surface area contributed by atoms with E-state index in [0.717, 1.165) is 5.56 Å². The number of ether oxygens (including phenoxy) is 2. The first kappa shape index (κ1) is 18.9. The Morgan fingerprint density at radius 3 is 2.78 bits per heavy atom. The van der Waals surface area contributed by atoms with E-state index in [1.54, 1.807) is 28.7 Å². The molecule has 5 heterocycles. The fraction of sp³-hybridized carbons (Fsp3) is 0.227. The number of aromatic nitrogens is 4. The van der Waals surface area contributed by atoms with Crippen LogP contribution in [0.1, 0.15) is 29.2 Å². The molecule has 0 saturated heterocycles. The standard InChI is InChI=1S/C22H16F3N5O2/c23-15-3-4-16-18-11(8-31-16)9-32-17-6-13(12-2-1-5-26-19(12)20(24)25)21-29-28-10-30(21)22(17)27-7-14(15)18/h1-6,10-11,20,27H,7-9H2. The Morgan fingerprint density at radius 2 is 1.94 bits per heavy atom. The van der Waals surface area contributed by atoms with E-state index in [4.69, 9.17) is 9.47 Å². The first-order valence-electron chi connectivity index (χ1n) is 10.0. The van der Waals surface area contributed by atoms with Crippen LogP contribution < -0.4 is 14.8 Å². The van der Waals surface area contributed by atoms with Gasteiger partial charge in [0.2, 0.25) is 0 Å². The quantitative estimate of drug-likeness (QED) is 0.501. The summed E-state index contributed by atoms with van der Waals surface area (Å²) in [5.41, 5.74) is 1.97. The third kappa shape index (κ3) is 2.79. The van der Waals surface area contributed by atoms with Crippen molar-refractivity contribution < 1.29 is 22.6 Å². The summed E-state index contributed by atoms with van der Waals surface area (Å²) in [5, 5.41) is 11.3. The van der Waals surface area contributed by atoms with E-state index in [0.29, 0.717) is 40.7 Å². The maximum Gasteiger partial charge on any atom is 0.280 e. The number of benzene rings is 1. The lowest BCUT2D eigenvalue weighted by atomic mass is 9.96. The SMILES string of the molecule is Fc1ccc2c3c1CNc1c(cc(-c4cccnc4C(F)F)c4nncn14)OCC3CO2. The second-order valence-corrected chi connectivity index (χ2v) is 7.64. The number of rotatable bonds is 2. The van der Waals surface area contributed by atoms with E-state index < -0.39 is 6.43 Å². The third-order valence-electron chi connectivity index (χ3n) is 5.85. The summed E-state index contributed by atoms with van der Waals surface area (Å²) in [5.74, 6) is 1.09. The predicted octanol–water partition coefficient (Wildman–Crippen LogP) is 4.35. The van der Waals surface area contributed by atoms with E-state index in [1.165, 1.54) is 18.6 Å². The van der Waals surface area contributed by atoms with Gasteiger partial charge in [0, 0.05) is 35.0 Å². The molecule has 7 nitrogen and oxygen atoms in total. The Kier molecular flexibility index (Phi) is 4.20. The Labute approximate surface area is 179 Å². The van der Waals surface area contributed by atoms with E-state index in [2.05, 4.69) is 20.5 Å². The number of hydrogen-bond acceptors (Lipinski definition) is 6. The van der Waals surface area contributed by atoms with E-state index in [9.17, 15) is 13.2 Å². The molecule has 1 atom stereocenters. The molecule has 0 fully saturated rings. The molecule has 32 heavy (non-hydrogen) atoms. The molecular weight excluding hydrogens is 423 g/mol. The molecule has 0 radical (unpaired) electrons. The number of fused-ring (bicyclic) bond motifs is 3. The molecular formula is C22H16F3N5O2. The smallest absolute Gasteiger partial charge is 0.280 e. The highest BCUT2D eigenvalue weighted by Crippen LogP contribution is 2.42. The monoisotopic (exact) mass is 439 g/mol. The van der Waals surface area contributed by atoms with Crippen LogP contribution in [0, 0.1) is 5.82 Å². The number of nitrogens with one attached hydrogen (secondary N) is 1. The van der Waals surface area contributed by atoms with Crippen molar-refractivity contribution in [2.75, 3.05) is 18.5 Å². The van der Waals surface area contributed by atoms with Crippen molar-refractivity contribution in [3.63, 3.8) is 0 Å². The minimum absolute atomic E-state index is 0.154. The summed E-state index contributed by atoms with van der Waals surface area (Å²) < 4.78 is 55.5. The van der Waals surface area contributed by atoms with Crippen molar-refractivity contribution in [1.29, 1.82) is 0 Å². The van der Waals surface area contributed by atoms with Crippen molar-refractivity contribution >= 4 is 11.5 Å². The van der Waals surface area contributed by atoms with Crippen LogP contribution in [0.4, 0.5) is 19.0 Å². The lowest BCUT2D eigenvalue weighted by Gasteiger charge is -2.17. The lowest BCUT2D eigenvalue weighted by molar-refractivity contribution is 0.147. The van der Waals surface area contributed by atoms with Crippen LogP contribution in [0.15, 0.2) is 42.9 Å². The van der Waals surface area contributed by atoms with Gasteiger partial charge in [-0.15, -0.1) is 10.2 Å². The third-order valence-corrected chi connectivity index (χ3v) is 5.85. The highest BCUT2D eigenvalue weighted by Gasteiger charge is 2.32. The second kappa shape index (κ2) is 7.11. The van der Waals surface area contributed by atoms with Crippen LogP contribution >= 0.6 is 0 Å². The van der Waals surface area contributed by atoms with Gasteiger partial charge in [0.15, 0.2) is 17.2 Å². The molecule has 0 spiro atoms. The van der Waals surface area contributed by atoms with Gasteiger partial charge in [-0.2, -0.15) is 0 Å². The topological polar surface area (TPSA) is 73.6 Å². The maximum absolute atomic E-state index is 14.7. The minimum atomic E-state index is -2.76. The van der Waals surface area contributed by atoms with Crippen molar-refractivity contribution in [1.82, 2.24) is 19.6 Å². The normalized spacial score (nSPS) is 16.9. The predicted molar refractivity (Wildman–Crippen MR) is 109 cm³/mol. The number of nitrogens with zero attached hydrogens (tertiary/aromatic N) is 4. The van der Waals surface area contributed by atoms with Crippen molar-refractivity contribution in [2.24, 2.45) is 0 Å². The van der Waals surface area contributed by atoms with E-state index in [-0.39, 0.29) is 36.1 Å². The number of pyridine rings is 2. The summed E-state index contributed by atoms with van der Waals surface area (Å²) in [6.07, 6.45) is 0.0282. The zero-order chi connectivity index (χ0) is 21.8. The molecule has 0 saturated carbocycles. The number of anilines is 1. The Morgan fingerprint density at radius 1 is 1.09 bits per heavy atom. The van der Waals surface area contributed by atoms with Crippen molar-refractivity contribution in [2.45, 2.75) is 18.9 Å². The van der Waals surface area contributed by atoms with Gasteiger partial charge in [-0.05, 0) is 24.3 Å². The Balaban J connectivity index is 1.53. The summed E-state index contributed by atoms with van der Waals surface area (Å²) in [6.45, 7) is 0.800. The fourth-order valence-electron chi connectivity index (χ4n) is 4.40. The molecule has 1 aromatic carbocycles. The Bertz CT molecular complexity index is 1360. The molecule has 1 N–H and O–H groups in total. The Hall–Kier alpha value is -3.82. The maximum atomic E-state index is 14.7. The second-order valence-electron chi connectivity index (χ2n) is 7.64. The molecule has 2 aliphatic heterocycles. The van der Waals surface area contributed by atoms with Gasteiger partial charge in [-0.25, -0.2) is 13.2 Å². The van der Waals surface area contributed by atoms with Crippen LogP contribution in [0.25, 0.3) is 16.8 Å². The molecule has 10 heteroatoms. The van der Waals surface area contributed by atoms with Gasteiger partial charge < -0.3 is 14.8 Å². The number of hydrogen-bond donors (Lipinski definition) is 1. The number of halogens is 3.